The number of primary amides is 1. The Kier molecular flexibility index (Phi) is 4.58. The third-order valence-electron chi connectivity index (χ3n) is 3.30. The molecule has 0 aliphatic heterocycles. The zero-order valence-corrected chi connectivity index (χ0v) is 12.0. The van der Waals surface area contributed by atoms with Gasteiger partial charge in [-0.15, -0.1) is 0 Å². The van der Waals surface area contributed by atoms with E-state index in [1.165, 1.54) is 11.5 Å². The Hall–Kier alpha value is -0.660. The SMILES string of the molecule is CCNC1(C(N)=O)CCCC(Sc2ncns2)C1. The fourth-order valence-electron chi connectivity index (χ4n) is 2.49. The molecule has 0 radical (unpaired) electrons. The molecule has 1 aliphatic rings. The lowest BCUT2D eigenvalue weighted by Crippen LogP contribution is -2.58. The van der Waals surface area contributed by atoms with E-state index in [1.54, 1.807) is 18.1 Å². The van der Waals surface area contributed by atoms with E-state index in [9.17, 15) is 4.79 Å². The molecule has 18 heavy (non-hydrogen) atoms. The van der Waals surface area contributed by atoms with Crippen LogP contribution in [0.4, 0.5) is 0 Å². The fourth-order valence-corrected chi connectivity index (χ4v) is 4.53. The van der Waals surface area contributed by atoms with Crippen LogP contribution in [0.5, 0.6) is 0 Å². The predicted octanol–water partition coefficient (Wildman–Crippen LogP) is 1.41. The number of carbonyl (C=O) groups is 1. The van der Waals surface area contributed by atoms with Crippen molar-refractivity contribution in [3.05, 3.63) is 6.33 Å². The molecule has 0 bridgehead atoms. The molecule has 1 saturated carbocycles. The molecule has 1 aromatic heterocycles. The highest BCUT2D eigenvalue weighted by Crippen LogP contribution is 2.38. The van der Waals surface area contributed by atoms with E-state index in [4.69, 9.17) is 5.73 Å². The van der Waals surface area contributed by atoms with Gasteiger partial charge in [0.15, 0.2) is 4.34 Å². The first-order chi connectivity index (χ1) is 8.66. The minimum absolute atomic E-state index is 0.230. The van der Waals surface area contributed by atoms with E-state index in [2.05, 4.69) is 14.7 Å². The average Bonchev–Trinajstić information content (AvgIpc) is 2.82. The second-order valence-corrected chi connectivity index (χ2v) is 6.85. The van der Waals surface area contributed by atoms with Crippen LogP contribution in [-0.2, 0) is 4.79 Å². The molecule has 7 heteroatoms. The molecule has 1 aliphatic carbocycles. The lowest BCUT2D eigenvalue weighted by molar-refractivity contribution is -0.125. The first kappa shape index (κ1) is 13.8. The molecule has 2 rings (SSSR count). The van der Waals surface area contributed by atoms with Crippen molar-refractivity contribution in [1.82, 2.24) is 14.7 Å². The van der Waals surface area contributed by atoms with Crippen molar-refractivity contribution in [3.8, 4) is 0 Å². The topological polar surface area (TPSA) is 80.9 Å². The Morgan fingerprint density at radius 3 is 3.22 bits per heavy atom. The first-order valence-electron chi connectivity index (χ1n) is 6.14. The monoisotopic (exact) mass is 286 g/mol. The largest absolute Gasteiger partial charge is 0.368 e. The van der Waals surface area contributed by atoms with Crippen molar-refractivity contribution in [2.24, 2.45) is 5.73 Å². The van der Waals surface area contributed by atoms with E-state index in [-0.39, 0.29) is 5.91 Å². The Bertz CT molecular complexity index is 394. The molecule has 1 heterocycles. The van der Waals surface area contributed by atoms with Gasteiger partial charge in [0, 0.05) is 5.25 Å². The number of hydrogen-bond donors (Lipinski definition) is 2. The fraction of sp³-hybridized carbons (Fsp3) is 0.727. The van der Waals surface area contributed by atoms with Crippen LogP contribution in [0.2, 0.25) is 0 Å². The van der Waals surface area contributed by atoms with Gasteiger partial charge in [0.2, 0.25) is 5.91 Å². The maximum absolute atomic E-state index is 11.7. The second-order valence-electron chi connectivity index (χ2n) is 4.52. The molecule has 0 spiro atoms. The number of hydrogen-bond acceptors (Lipinski definition) is 6. The van der Waals surface area contributed by atoms with Gasteiger partial charge < -0.3 is 11.1 Å². The normalized spacial score (nSPS) is 28.2. The summed E-state index contributed by atoms with van der Waals surface area (Å²) < 4.78 is 4.97. The summed E-state index contributed by atoms with van der Waals surface area (Å²) in [6.45, 7) is 2.77. The number of rotatable bonds is 5. The van der Waals surface area contributed by atoms with Gasteiger partial charge in [-0.1, -0.05) is 18.7 Å². The minimum atomic E-state index is -0.532. The summed E-state index contributed by atoms with van der Waals surface area (Å²) in [7, 11) is 0. The van der Waals surface area contributed by atoms with E-state index in [1.807, 2.05) is 6.92 Å². The summed E-state index contributed by atoms with van der Waals surface area (Å²) in [4.78, 5) is 15.9. The summed E-state index contributed by atoms with van der Waals surface area (Å²) >= 11 is 3.12. The number of likely N-dealkylation sites (N-methyl/N-ethyl adjacent to an activating group) is 1. The van der Waals surface area contributed by atoms with Crippen LogP contribution in [0.15, 0.2) is 10.7 Å². The molecule has 0 saturated heterocycles. The maximum atomic E-state index is 11.7. The Morgan fingerprint density at radius 2 is 2.61 bits per heavy atom. The molecular formula is C11H18N4OS2. The summed E-state index contributed by atoms with van der Waals surface area (Å²) in [6, 6.07) is 0. The number of thioether (sulfide) groups is 1. The molecule has 3 N–H and O–H groups in total. The van der Waals surface area contributed by atoms with Crippen LogP contribution in [0, 0.1) is 0 Å². The van der Waals surface area contributed by atoms with Crippen LogP contribution in [0.1, 0.15) is 32.6 Å². The first-order valence-corrected chi connectivity index (χ1v) is 7.80. The van der Waals surface area contributed by atoms with E-state index in [0.717, 1.165) is 36.6 Å². The number of nitrogens with zero attached hydrogens (tertiary/aromatic N) is 2. The van der Waals surface area contributed by atoms with Gasteiger partial charge in [-0.3, -0.25) is 4.79 Å². The van der Waals surface area contributed by atoms with Gasteiger partial charge in [-0.05, 0) is 43.8 Å². The number of carbonyl (C=O) groups excluding carboxylic acids is 1. The van der Waals surface area contributed by atoms with Crippen molar-refractivity contribution >= 4 is 29.2 Å². The van der Waals surface area contributed by atoms with Crippen LogP contribution in [0.3, 0.4) is 0 Å². The summed E-state index contributed by atoms with van der Waals surface area (Å²) in [5.41, 5.74) is 5.06. The lowest BCUT2D eigenvalue weighted by Gasteiger charge is -2.38. The van der Waals surface area contributed by atoms with Crippen molar-refractivity contribution in [2.45, 2.75) is 47.7 Å². The van der Waals surface area contributed by atoms with Gasteiger partial charge in [-0.2, -0.15) is 4.37 Å². The van der Waals surface area contributed by atoms with Gasteiger partial charge in [0.05, 0.1) is 5.54 Å². The van der Waals surface area contributed by atoms with E-state index < -0.39 is 5.54 Å². The zero-order chi connectivity index (χ0) is 13.0. The third-order valence-corrected chi connectivity index (χ3v) is 5.32. The summed E-state index contributed by atoms with van der Waals surface area (Å²) in [6.07, 6.45) is 5.31. The highest BCUT2D eigenvalue weighted by atomic mass is 32.2. The van der Waals surface area contributed by atoms with Crippen LogP contribution in [-0.4, -0.2) is 32.6 Å². The smallest absolute Gasteiger partial charge is 0.237 e. The van der Waals surface area contributed by atoms with Crippen LogP contribution in [0.25, 0.3) is 0 Å². The highest BCUT2D eigenvalue weighted by Gasteiger charge is 2.41. The zero-order valence-electron chi connectivity index (χ0n) is 10.4. The average molecular weight is 286 g/mol. The maximum Gasteiger partial charge on any atom is 0.237 e. The van der Waals surface area contributed by atoms with E-state index >= 15 is 0 Å². The van der Waals surface area contributed by atoms with Gasteiger partial charge in [0.1, 0.15) is 6.33 Å². The molecule has 1 fully saturated rings. The minimum Gasteiger partial charge on any atom is -0.368 e. The van der Waals surface area contributed by atoms with Gasteiger partial charge in [0.25, 0.3) is 0 Å². The second kappa shape index (κ2) is 5.99. The summed E-state index contributed by atoms with van der Waals surface area (Å²) in [5, 5.41) is 3.67. The predicted molar refractivity (Wildman–Crippen MR) is 73.6 cm³/mol. The molecule has 0 aromatic carbocycles. The third kappa shape index (κ3) is 3.02. The molecule has 1 aromatic rings. The molecule has 5 nitrogen and oxygen atoms in total. The summed E-state index contributed by atoms with van der Waals surface area (Å²) in [5.74, 6) is -0.230. The molecule has 100 valence electrons. The number of nitrogens with two attached hydrogens (primary N) is 1. The van der Waals surface area contributed by atoms with Gasteiger partial charge >= 0.3 is 0 Å². The lowest BCUT2D eigenvalue weighted by atomic mass is 9.80. The Morgan fingerprint density at radius 1 is 1.78 bits per heavy atom. The number of nitrogens with one attached hydrogen (secondary N) is 1. The standard InChI is InChI=1S/C11H18N4OS2/c1-2-14-11(9(12)16)5-3-4-8(6-11)17-10-13-7-15-18-10/h7-8,14H,2-6H2,1H3,(H2,12,16). The van der Waals surface area contributed by atoms with Crippen molar-refractivity contribution < 1.29 is 4.79 Å². The Labute approximate surface area is 115 Å². The highest BCUT2D eigenvalue weighted by molar-refractivity contribution is 8.01. The molecule has 2 atom stereocenters. The van der Waals surface area contributed by atoms with Crippen LogP contribution < -0.4 is 11.1 Å². The van der Waals surface area contributed by atoms with Gasteiger partial charge in [-0.25, -0.2) is 4.98 Å². The molecular weight excluding hydrogens is 268 g/mol. The van der Waals surface area contributed by atoms with Crippen molar-refractivity contribution in [3.63, 3.8) is 0 Å². The van der Waals surface area contributed by atoms with E-state index in [0.29, 0.717) is 5.25 Å². The Balaban J connectivity index is 2.04. The molecule has 2 unspecified atom stereocenters. The quantitative estimate of drug-likeness (QED) is 0.855. The molecule has 1 amide bonds. The number of amides is 1. The number of aromatic nitrogens is 2. The van der Waals surface area contributed by atoms with Crippen LogP contribution >= 0.6 is 23.3 Å². The van der Waals surface area contributed by atoms with Crippen molar-refractivity contribution in [1.29, 1.82) is 0 Å². The van der Waals surface area contributed by atoms with Crippen molar-refractivity contribution in [2.75, 3.05) is 6.54 Å².